The summed E-state index contributed by atoms with van der Waals surface area (Å²) in [4.78, 5) is 51.7. The number of hydrogen-bond donors (Lipinski definition) is 2. The van der Waals surface area contributed by atoms with Gasteiger partial charge in [-0.3, -0.25) is 24.3 Å². The Bertz CT molecular complexity index is 2070. The Morgan fingerprint density at radius 3 is 2.42 bits per heavy atom. The van der Waals surface area contributed by atoms with Gasteiger partial charge in [0.1, 0.15) is 0 Å². The van der Waals surface area contributed by atoms with Crippen molar-refractivity contribution in [1.29, 1.82) is 0 Å². The highest BCUT2D eigenvalue weighted by atomic mass is 19.4. The van der Waals surface area contributed by atoms with Crippen molar-refractivity contribution >= 4 is 29.1 Å². The summed E-state index contributed by atoms with van der Waals surface area (Å²) in [5.41, 5.74) is 3.07. The van der Waals surface area contributed by atoms with E-state index in [2.05, 4.69) is 25.4 Å². The number of morpholine rings is 1. The molecule has 1 aliphatic carbocycles. The molecule has 0 radical (unpaired) electrons. The lowest BCUT2D eigenvalue weighted by atomic mass is 9.78. The molecule has 1 unspecified atom stereocenters. The Kier molecular flexibility index (Phi) is 12.5. The van der Waals surface area contributed by atoms with E-state index in [1.807, 2.05) is 18.2 Å². The number of rotatable bonds is 11. The van der Waals surface area contributed by atoms with Gasteiger partial charge in [0.15, 0.2) is 0 Å². The van der Waals surface area contributed by atoms with Crippen LogP contribution in [0, 0.1) is 5.92 Å². The molecule has 2 aliphatic heterocycles. The minimum absolute atomic E-state index is 0.0973. The molecule has 13 heteroatoms. The summed E-state index contributed by atoms with van der Waals surface area (Å²) in [6.45, 7) is 5.12. The molecule has 2 N–H and O–H groups in total. The molecule has 2 atom stereocenters. The lowest BCUT2D eigenvalue weighted by Crippen LogP contribution is -2.46. The van der Waals surface area contributed by atoms with Gasteiger partial charge in [0.2, 0.25) is 0 Å². The Labute approximate surface area is 331 Å². The molecule has 57 heavy (non-hydrogen) atoms. The number of fused-ring (bicyclic) bond motifs is 1. The van der Waals surface area contributed by atoms with Crippen LogP contribution in [0.5, 0.6) is 0 Å². The first-order valence-corrected chi connectivity index (χ1v) is 19.8. The molecule has 1 saturated carbocycles. The molecule has 3 heterocycles. The standard InChI is InChI=1S/C44H49F3N6O4/c1-51(19-20-52-21-23-57-24-22-52)43(56)34-10-5-9-32(26-34)42(55)50-38-15-14-36(53-18-6-11-31-8-2-3-13-40(31)53)28-37(38)39-27-33(16-17-48-39)41(54)49-29-30-7-4-12-35(25-30)44(45,46)47/h4-5,7,9-10,12,14-17,25-28,31,40H,2-3,6,8,11,13,18-24,29H2,1H3,(H,49,54)(H,50,55)/t31?,40-/m0/s1. The number of carbonyl (C=O) groups is 3. The minimum atomic E-state index is -4.49. The van der Waals surface area contributed by atoms with Crippen molar-refractivity contribution in [1.82, 2.24) is 20.1 Å². The van der Waals surface area contributed by atoms with Crippen LogP contribution < -0.4 is 15.5 Å². The van der Waals surface area contributed by atoms with Crippen molar-refractivity contribution in [3.8, 4) is 11.3 Å². The van der Waals surface area contributed by atoms with Crippen molar-refractivity contribution in [2.24, 2.45) is 5.92 Å². The van der Waals surface area contributed by atoms with Crippen LogP contribution in [0.1, 0.15) is 80.7 Å². The van der Waals surface area contributed by atoms with E-state index < -0.39 is 23.6 Å². The summed E-state index contributed by atoms with van der Waals surface area (Å²) in [6, 6.07) is 21.0. The van der Waals surface area contributed by atoms with Gasteiger partial charge in [-0.1, -0.05) is 31.0 Å². The Morgan fingerprint density at radius 1 is 0.842 bits per heavy atom. The van der Waals surface area contributed by atoms with E-state index in [4.69, 9.17) is 4.74 Å². The number of piperidine rings is 1. The normalized spacial score (nSPS) is 18.7. The molecule has 7 rings (SSSR count). The van der Waals surface area contributed by atoms with Crippen LogP contribution in [0.25, 0.3) is 11.3 Å². The predicted octanol–water partition coefficient (Wildman–Crippen LogP) is 7.51. The van der Waals surface area contributed by atoms with Crippen molar-refractivity contribution in [3.05, 3.63) is 113 Å². The van der Waals surface area contributed by atoms with E-state index in [1.54, 1.807) is 48.3 Å². The maximum absolute atomic E-state index is 13.9. The molecule has 0 bridgehead atoms. The number of ether oxygens (including phenoxy) is 1. The molecular formula is C44H49F3N6O4. The fourth-order valence-corrected chi connectivity index (χ4v) is 8.26. The summed E-state index contributed by atoms with van der Waals surface area (Å²) >= 11 is 0. The number of benzene rings is 3. The molecule has 2 saturated heterocycles. The van der Waals surface area contributed by atoms with Gasteiger partial charge < -0.3 is 25.2 Å². The third-order valence-electron chi connectivity index (χ3n) is 11.4. The maximum atomic E-state index is 13.9. The maximum Gasteiger partial charge on any atom is 0.416 e. The molecule has 0 spiro atoms. The fraction of sp³-hybridized carbons (Fsp3) is 0.409. The summed E-state index contributed by atoms with van der Waals surface area (Å²) in [6.07, 6.45) is 4.09. The third kappa shape index (κ3) is 9.82. The van der Waals surface area contributed by atoms with Gasteiger partial charge in [-0.05, 0) is 97.8 Å². The number of nitrogens with zero attached hydrogens (tertiary/aromatic N) is 4. The number of aromatic nitrogens is 1. The van der Waals surface area contributed by atoms with Gasteiger partial charge in [0.25, 0.3) is 17.7 Å². The molecule has 3 aromatic carbocycles. The van der Waals surface area contributed by atoms with Crippen LogP contribution in [0.4, 0.5) is 24.5 Å². The van der Waals surface area contributed by atoms with Crippen LogP contribution in [-0.2, 0) is 17.5 Å². The molecule has 3 amide bonds. The quantitative estimate of drug-likeness (QED) is 0.162. The first-order valence-electron chi connectivity index (χ1n) is 19.8. The molecule has 3 fully saturated rings. The third-order valence-corrected chi connectivity index (χ3v) is 11.4. The summed E-state index contributed by atoms with van der Waals surface area (Å²) in [5.74, 6) is -0.436. The van der Waals surface area contributed by atoms with Crippen molar-refractivity contribution in [2.75, 3.05) is 63.2 Å². The van der Waals surface area contributed by atoms with E-state index in [9.17, 15) is 27.6 Å². The molecule has 4 aromatic rings. The van der Waals surface area contributed by atoms with Gasteiger partial charge in [-0.15, -0.1) is 0 Å². The average Bonchev–Trinajstić information content (AvgIpc) is 3.24. The van der Waals surface area contributed by atoms with E-state index in [0.717, 1.165) is 56.8 Å². The highest BCUT2D eigenvalue weighted by Gasteiger charge is 2.34. The second kappa shape index (κ2) is 17.9. The molecule has 10 nitrogen and oxygen atoms in total. The van der Waals surface area contributed by atoms with Crippen LogP contribution in [0.3, 0.4) is 0 Å². The van der Waals surface area contributed by atoms with Crippen LogP contribution in [-0.4, -0.2) is 91.5 Å². The average molecular weight is 783 g/mol. The fourth-order valence-electron chi connectivity index (χ4n) is 8.26. The van der Waals surface area contributed by atoms with E-state index >= 15 is 0 Å². The number of hydrogen-bond acceptors (Lipinski definition) is 7. The number of nitrogens with one attached hydrogen (secondary N) is 2. The first kappa shape index (κ1) is 39.9. The van der Waals surface area contributed by atoms with Crippen molar-refractivity contribution in [3.63, 3.8) is 0 Å². The smallest absolute Gasteiger partial charge is 0.379 e. The summed E-state index contributed by atoms with van der Waals surface area (Å²) in [5, 5.41) is 5.79. The van der Waals surface area contributed by atoms with Gasteiger partial charge in [-0.2, -0.15) is 13.2 Å². The lowest BCUT2D eigenvalue weighted by Gasteiger charge is -2.45. The highest BCUT2D eigenvalue weighted by Crippen LogP contribution is 2.40. The van der Waals surface area contributed by atoms with Crippen molar-refractivity contribution < 1.29 is 32.3 Å². The first-order chi connectivity index (χ1) is 27.5. The Hall–Kier alpha value is -5.27. The topological polar surface area (TPSA) is 107 Å². The SMILES string of the molecule is CN(CCN1CCOCC1)C(=O)c1cccc(C(=O)Nc2ccc(N3CCCC4CCCC[C@@H]43)cc2-c2cc(C(=O)NCc3cccc(C(F)(F)F)c3)ccn2)c1. The van der Waals surface area contributed by atoms with E-state index in [0.29, 0.717) is 65.4 Å². The number of likely N-dealkylation sites (N-methyl/N-ethyl adjacent to an activating group) is 1. The predicted molar refractivity (Wildman–Crippen MR) is 213 cm³/mol. The zero-order valence-corrected chi connectivity index (χ0v) is 32.2. The number of carbonyl (C=O) groups excluding carboxylic acids is 3. The highest BCUT2D eigenvalue weighted by molar-refractivity contribution is 6.08. The van der Waals surface area contributed by atoms with Crippen LogP contribution in [0.15, 0.2) is 85.1 Å². The molecule has 3 aliphatic rings. The summed E-state index contributed by atoms with van der Waals surface area (Å²) < 4.78 is 45.3. The van der Waals surface area contributed by atoms with E-state index in [1.165, 1.54) is 44.0 Å². The zero-order chi connectivity index (χ0) is 39.9. The second-order valence-electron chi connectivity index (χ2n) is 15.2. The summed E-state index contributed by atoms with van der Waals surface area (Å²) in [7, 11) is 1.76. The Morgan fingerprint density at radius 2 is 1.60 bits per heavy atom. The zero-order valence-electron chi connectivity index (χ0n) is 32.2. The van der Waals surface area contributed by atoms with Crippen molar-refractivity contribution in [2.45, 2.75) is 57.3 Å². The van der Waals surface area contributed by atoms with Gasteiger partial charge in [0.05, 0.1) is 30.2 Å². The molecule has 300 valence electrons. The number of halogens is 3. The largest absolute Gasteiger partial charge is 0.416 e. The number of amides is 3. The number of alkyl halides is 3. The van der Waals surface area contributed by atoms with Gasteiger partial charge in [0, 0.05) is 86.5 Å². The Balaban J connectivity index is 1.13. The molecular weight excluding hydrogens is 734 g/mol. The molecule has 1 aromatic heterocycles. The number of anilines is 2. The van der Waals surface area contributed by atoms with E-state index in [-0.39, 0.29) is 18.0 Å². The second-order valence-corrected chi connectivity index (χ2v) is 15.2. The van der Waals surface area contributed by atoms with Crippen LogP contribution in [0.2, 0.25) is 0 Å². The van der Waals surface area contributed by atoms with Crippen LogP contribution >= 0.6 is 0 Å². The number of pyridine rings is 1. The van der Waals surface area contributed by atoms with Gasteiger partial charge >= 0.3 is 6.18 Å². The minimum Gasteiger partial charge on any atom is -0.379 e. The van der Waals surface area contributed by atoms with Gasteiger partial charge in [-0.25, -0.2) is 0 Å². The lowest BCUT2D eigenvalue weighted by molar-refractivity contribution is -0.137. The monoisotopic (exact) mass is 782 g/mol.